The molecule has 1 aliphatic heterocycles. The summed E-state index contributed by atoms with van der Waals surface area (Å²) in [6, 6.07) is 0. The Morgan fingerprint density at radius 3 is 3.25 bits per heavy atom. The second-order valence-corrected chi connectivity index (χ2v) is 4.19. The van der Waals surface area contributed by atoms with Crippen molar-refractivity contribution in [1.82, 2.24) is 14.9 Å². The van der Waals surface area contributed by atoms with Crippen molar-refractivity contribution in [2.75, 3.05) is 19.6 Å². The fraction of sp³-hybridized carbons (Fsp3) is 0.636. The van der Waals surface area contributed by atoms with Crippen molar-refractivity contribution in [3.05, 3.63) is 18.2 Å². The molecule has 1 amide bonds. The van der Waals surface area contributed by atoms with Gasteiger partial charge in [-0.05, 0) is 12.8 Å². The molecule has 3 N–H and O–H groups in total. The third-order valence-electron chi connectivity index (χ3n) is 3.04. The molecule has 0 aliphatic carbocycles. The number of nitrogens with one attached hydrogen (secondary N) is 1. The van der Waals surface area contributed by atoms with Gasteiger partial charge in [-0.15, -0.1) is 0 Å². The number of nitrogens with two attached hydrogens (primary N) is 1. The molecule has 5 nitrogen and oxygen atoms in total. The van der Waals surface area contributed by atoms with Gasteiger partial charge in [0.15, 0.2) is 0 Å². The first-order valence-corrected chi connectivity index (χ1v) is 5.78. The van der Waals surface area contributed by atoms with Gasteiger partial charge in [0.1, 0.15) is 5.82 Å². The Morgan fingerprint density at radius 1 is 1.69 bits per heavy atom. The largest absolute Gasteiger partial charge is 0.348 e. The van der Waals surface area contributed by atoms with Crippen molar-refractivity contribution in [2.24, 2.45) is 5.73 Å². The van der Waals surface area contributed by atoms with Crippen LogP contribution < -0.4 is 5.73 Å². The van der Waals surface area contributed by atoms with E-state index in [0.29, 0.717) is 18.9 Å². The van der Waals surface area contributed by atoms with Gasteiger partial charge in [-0.3, -0.25) is 4.79 Å². The number of amides is 1. The average molecular weight is 222 g/mol. The highest BCUT2D eigenvalue weighted by molar-refractivity contribution is 5.76. The van der Waals surface area contributed by atoms with Crippen LogP contribution in [0.5, 0.6) is 0 Å². The van der Waals surface area contributed by atoms with Crippen LogP contribution in [0, 0.1) is 0 Å². The molecule has 0 bridgehead atoms. The molecule has 2 rings (SSSR count). The summed E-state index contributed by atoms with van der Waals surface area (Å²) in [6.07, 6.45) is 6.18. The Hall–Kier alpha value is -1.36. The third kappa shape index (κ3) is 2.41. The molecule has 0 aromatic carbocycles. The fourth-order valence-electron chi connectivity index (χ4n) is 2.21. The number of carbonyl (C=O) groups excluding carboxylic acids is 1. The lowest BCUT2D eigenvalue weighted by Crippen LogP contribution is -2.40. The molecule has 1 atom stereocenters. The monoisotopic (exact) mass is 222 g/mol. The minimum atomic E-state index is 0.166. The van der Waals surface area contributed by atoms with Crippen molar-refractivity contribution in [3.8, 4) is 0 Å². The normalized spacial score (nSPS) is 21.1. The number of imidazole rings is 1. The number of piperidine rings is 1. The minimum Gasteiger partial charge on any atom is -0.348 e. The van der Waals surface area contributed by atoms with Gasteiger partial charge in [-0.25, -0.2) is 4.98 Å². The molecule has 0 radical (unpaired) electrons. The third-order valence-corrected chi connectivity index (χ3v) is 3.04. The first kappa shape index (κ1) is 11.1. The van der Waals surface area contributed by atoms with Gasteiger partial charge >= 0.3 is 0 Å². The molecule has 1 aliphatic rings. The summed E-state index contributed by atoms with van der Waals surface area (Å²) in [6.45, 7) is 2.06. The number of likely N-dealkylation sites (tertiary alicyclic amines) is 1. The highest BCUT2D eigenvalue weighted by Crippen LogP contribution is 2.24. The minimum absolute atomic E-state index is 0.166. The Kier molecular flexibility index (Phi) is 3.56. The van der Waals surface area contributed by atoms with Crippen LogP contribution in [0.3, 0.4) is 0 Å². The van der Waals surface area contributed by atoms with Gasteiger partial charge in [-0.2, -0.15) is 0 Å². The lowest BCUT2D eigenvalue weighted by molar-refractivity contribution is -0.132. The number of H-pyrrole nitrogens is 1. The lowest BCUT2D eigenvalue weighted by atomic mass is 9.97. The number of rotatable bonds is 3. The molecule has 5 heteroatoms. The summed E-state index contributed by atoms with van der Waals surface area (Å²) in [5.41, 5.74) is 5.40. The average Bonchev–Trinajstić information content (AvgIpc) is 2.83. The topological polar surface area (TPSA) is 75.0 Å². The first-order chi connectivity index (χ1) is 7.81. The van der Waals surface area contributed by atoms with Crippen LogP contribution in [0.15, 0.2) is 12.4 Å². The van der Waals surface area contributed by atoms with E-state index >= 15 is 0 Å². The zero-order valence-electron chi connectivity index (χ0n) is 9.35. The summed E-state index contributed by atoms with van der Waals surface area (Å²) in [4.78, 5) is 21.0. The molecule has 0 spiro atoms. The maximum absolute atomic E-state index is 11.7. The van der Waals surface area contributed by atoms with E-state index in [4.69, 9.17) is 5.73 Å². The number of aromatic nitrogens is 2. The van der Waals surface area contributed by atoms with Crippen molar-refractivity contribution < 1.29 is 4.79 Å². The maximum Gasteiger partial charge on any atom is 0.223 e. The van der Waals surface area contributed by atoms with Crippen molar-refractivity contribution >= 4 is 5.91 Å². The number of aromatic amines is 1. The summed E-state index contributed by atoms with van der Waals surface area (Å²) < 4.78 is 0. The van der Waals surface area contributed by atoms with Crippen LogP contribution in [0.25, 0.3) is 0 Å². The molecule has 1 saturated heterocycles. The van der Waals surface area contributed by atoms with Gasteiger partial charge < -0.3 is 15.6 Å². The zero-order valence-corrected chi connectivity index (χ0v) is 9.35. The quantitative estimate of drug-likeness (QED) is 0.780. The molecule has 1 unspecified atom stereocenters. The van der Waals surface area contributed by atoms with Gasteiger partial charge in [0.25, 0.3) is 0 Å². The van der Waals surface area contributed by atoms with E-state index in [2.05, 4.69) is 9.97 Å². The standard InChI is InChI=1S/C11H18N4O/c12-4-3-10(16)15-7-1-2-9(8-15)11-13-5-6-14-11/h5-6,9H,1-4,7-8,12H2,(H,13,14). The summed E-state index contributed by atoms with van der Waals surface area (Å²) in [7, 11) is 0. The first-order valence-electron chi connectivity index (χ1n) is 5.78. The van der Waals surface area contributed by atoms with E-state index in [1.807, 2.05) is 11.1 Å². The maximum atomic E-state index is 11.7. The van der Waals surface area contributed by atoms with Gasteiger partial charge in [0.05, 0.1) is 0 Å². The van der Waals surface area contributed by atoms with E-state index in [1.54, 1.807) is 6.20 Å². The molecule has 88 valence electrons. The van der Waals surface area contributed by atoms with Crippen LogP contribution in [0.4, 0.5) is 0 Å². The SMILES string of the molecule is NCCC(=O)N1CCCC(c2ncc[nH]2)C1. The molecular weight excluding hydrogens is 204 g/mol. The van der Waals surface area contributed by atoms with Gasteiger partial charge in [0.2, 0.25) is 5.91 Å². The number of hydrogen-bond acceptors (Lipinski definition) is 3. The van der Waals surface area contributed by atoms with E-state index < -0.39 is 0 Å². The molecular formula is C11H18N4O. The number of hydrogen-bond donors (Lipinski definition) is 2. The predicted molar refractivity (Wildman–Crippen MR) is 60.8 cm³/mol. The van der Waals surface area contributed by atoms with Crippen LogP contribution >= 0.6 is 0 Å². The molecule has 16 heavy (non-hydrogen) atoms. The van der Waals surface area contributed by atoms with Gasteiger partial charge in [0, 0.05) is 44.4 Å². The van der Waals surface area contributed by atoms with Crippen LogP contribution in [0.2, 0.25) is 0 Å². The zero-order chi connectivity index (χ0) is 11.4. The fourth-order valence-corrected chi connectivity index (χ4v) is 2.21. The van der Waals surface area contributed by atoms with Gasteiger partial charge in [-0.1, -0.05) is 0 Å². The summed E-state index contributed by atoms with van der Waals surface area (Å²) >= 11 is 0. The van der Waals surface area contributed by atoms with E-state index in [-0.39, 0.29) is 5.91 Å². The second-order valence-electron chi connectivity index (χ2n) is 4.19. The Morgan fingerprint density at radius 2 is 2.56 bits per heavy atom. The van der Waals surface area contributed by atoms with Crippen molar-refractivity contribution in [3.63, 3.8) is 0 Å². The number of nitrogens with zero attached hydrogens (tertiary/aromatic N) is 2. The van der Waals surface area contributed by atoms with Crippen LogP contribution in [-0.4, -0.2) is 40.4 Å². The summed E-state index contributed by atoms with van der Waals surface area (Å²) in [5, 5.41) is 0. The van der Waals surface area contributed by atoms with Crippen molar-refractivity contribution in [1.29, 1.82) is 0 Å². The van der Waals surface area contributed by atoms with Crippen LogP contribution in [-0.2, 0) is 4.79 Å². The van der Waals surface area contributed by atoms with Crippen LogP contribution in [0.1, 0.15) is 31.0 Å². The molecule has 1 aromatic heterocycles. The lowest BCUT2D eigenvalue weighted by Gasteiger charge is -2.31. The predicted octanol–water partition coefficient (Wildman–Crippen LogP) is 0.464. The Balaban J connectivity index is 1.96. The van der Waals surface area contributed by atoms with E-state index in [0.717, 1.165) is 31.8 Å². The molecule has 1 aromatic rings. The highest BCUT2D eigenvalue weighted by atomic mass is 16.2. The Bertz CT molecular complexity index is 336. The molecule has 2 heterocycles. The number of carbonyl (C=O) groups is 1. The Labute approximate surface area is 95.0 Å². The summed E-state index contributed by atoms with van der Waals surface area (Å²) in [5.74, 6) is 1.51. The van der Waals surface area contributed by atoms with E-state index in [1.165, 1.54) is 0 Å². The van der Waals surface area contributed by atoms with E-state index in [9.17, 15) is 4.79 Å². The second kappa shape index (κ2) is 5.12. The molecule has 0 saturated carbocycles. The highest BCUT2D eigenvalue weighted by Gasteiger charge is 2.25. The van der Waals surface area contributed by atoms with Crippen molar-refractivity contribution in [2.45, 2.75) is 25.2 Å². The smallest absolute Gasteiger partial charge is 0.223 e. The molecule has 1 fully saturated rings.